The number of likely N-dealkylation sites (N-methyl/N-ethyl adjacent to an activating group) is 1. The zero-order valence-corrected chi connectivity index (χ0v) is 12.3. The number of rotatable bonds is 4. The Kier molecular flexibility index (Phi) is 4.76. The van der Waals surface area contributed by atoms with Gasteiger partial charge in [0.2, 0.25) is 0 Å². The van der Waals surface area contributed by atoms with Crippen LogP contribution in [-0.2, 0) is 6.54 Å². The molecule has 20 heavy (non-hydrogen) atoms. The number of nitrogens with zero attached hydrogens (tertiary/aromatic N) is 1. The summed E-state index contributed by atoms with van der Waals surface area (Å²) in [5.74, 6) is -0.366. The molecule has 0 heterocycles. The van der Waals surface area contributed by atoms with Crippen molar-refractivity contribution < 1.29 is 8.78 Å². The predicted octanol–water partition coefficient (Wildman–Crippen LogP) is 3.30. The molecule has 1 saturated carbocycles. The monoisotopic (exact) mass is 282 g/mol. The van der Waals surface area contributed by atoms with Crippen molar-refractivity contribution in [2.24, 2.45) is 11.7 Å². The molecule has 0 aromatic heterocycles. The van der Waals surface area contributed by atoms with E-state index in [1.165, 1.54) is 18.6 Å². The highest BCUT2D eigenvalue weighted by Crippen LogP contribution is 2.36. The van der Waals surface area contributed by atoms with Crippen LogP contribution in [0.25, 0.3) is 0 Å². The Morgan fingerprint density at radius 3 is 2.75 bits per heavy atom. The minimum Gasteiger partial charge on any atom is -0.329 e. The SMILES string of the molecule is CC1CCCC(CN)(N(C)Cc2ccc(F)cc2F)C1. The summed E-state index contributed by atoms with van der Waals surface area (Å²) in [5, 5.41) is 0. The van der Waals surface area contributed by atoms with Crippen LogP contribution in [0.5, 0.6) is 0 Å². The van der Waals surface area contributed by atoms with Crippen LogP contribution in [0.1, 0.15) is 38.2 Å². The van der Waals surface area contributed by atoms with Gasteiger partial charge in [0, 0.05) is 30.3 Å². The van der Waals surface area contributed by atoms with Crippen LogP contribution >= 0.6 is 0 Å². The van der Waals surface area contributed by atoms with E-state index in [1.807, 2.05) is 7.05 Å². The standard InChI is InChI=1S/C16H24F2N2/c1-12-4-3-7-16(9-12,11-19)20(2)10-13-5-6-14(17)8-15(13)18/h5-6,8,12H,3-4,7,9-11,19H2,1-2H3. The van der Waals surface area contributed by atoms with Crippen molar-refractivity contribution in [2.45, 2.75) is 44.7 Å². The lowest BCUT2D eigenvalue weighted by Gasteiger charge is -2.46. The molecule has 112 valence electrons. The fourth-order valence-electron chi connectivity index (χ4n) is 3.39. The summed E-state index contributed by atoms with van der Waals surface area (Å²) >= 11 is 0. The fraction of sp³-hybridized carbons (Fsp3) is 0.625. The van der Waals surface area contributed by atoms with E-state index in [0.29, 0.717) is 24.6 Å². The normalized spacial score (nSPS) is 27.0. The molecule has 2 rings (SSSR count). The first-order chi connectivity index (χ1) is 9.47. The number of halogens is 2. The van der Waals surface area contributed by atoms with Crippen molar-refractivity contribution in [3.8, 4) is 0 Å². The molecule has 1 aromatic rings. The van der Waals surface area contributed by atoms with Gasteiger partial charge in [-0.2, -0.15) is 0 Å². The molecule has 0 saturated heterocycles. The van der Waals surface area contributed by atoms with E-state index in [2.05, 4.69) is 11.8 Å². The zero-order chi connectivity index (χ0) is 14.8. The topological polar surface area (TPSA) is 29.3 Å². The van der Waals surface area contributed by atoms with Gasteiger partial charge in [-0.3, -0.25) is 4.90 Å². The third kappa shape index (κ3) is 3.18. The quantitative estimate of drug-likeness (QED) is 0.918. The van der Waals surface area contributed by atoms with Crippen LogP contribution in [0.2, 0.25) is 0 Å². The first-order valence-corrected chi connectivity index (χ1v) is 7.32. The lowest BCUT2D eigenvalue weighted by atomic mass is 9.75. The van der Waals surface area contributed by atoms with Crippen molar-refractivity contribution in [2.75, 3.05) is 13.6 Å². The van der Waals surface area contributed by atoms with Gasteiger partial charge in [-0.1, -0.05) is 25.8 Å². The molecule has 4 heteroatoms. The van der Waals surface area contributed by atoms with E-state index in [0.717, 1.165) is 25.3 Å². The molecule has 1 aliphatic carbocycles. The summed E-state index contributed by atoms with van der Waals surface area (Å²) in [7, 11) is 1.99. The number of nitrogens with two attached hydrogens (primary N) is 1. The molecule has 0 spiro atoms. The second-order valence-corrected chi connectivity index (χ2v) is 6.22. The molecule has 2 unspecified atom stereocenters. The highest BCUT2D eigenvalue weighted by molar-refractivity contribution is 5.19. The Morgan fingerprint density at radius 2 is 2.15 bits per heavy atom. The Balaban J connectivity index is 2.14. The van der Waals surface area contributed by atoms with Crippen molar-refractivity contribution in [1.29, 1.82) is 0 Å². The lowest BCUT2D eigenvalue weighted by molar-refractivity contribution is 0.0546. The van der Waals surface area contributed by atoms with Gasteiger partial charge in [0.25, 0.3) is 0 Å². The Morgan fingerprint density at radius 1 is 1.40 bits per heavy atom. The van der Waals surface area contributed by atoms with Crippen molar-refractivity contribution in [3.63, 3.8) is 0 Å². The maximum absolute atomic E-state index is 13.8. The van der Waals surface area contributed by atoms with Crippen LogP contribution < -0.4 is 5.73 Å². The highest BCUT2D eigenvalue weighted by Gasteiger charge is 2.37. The van der Waals surface area contributed by atoms with Gasteiger partial charge in [-0.15, -0.1) is 0 Å². The second kappa shape index (κ2) is 6.19. The molecule has 0 aliphatic heterocycles. The summed E-state index contributed by atoms with van der Waals surface area (Å²) in [5.41, 5.74) is 6.49. The van der Waals surface area contributed by atoms with Gasteiger partial charge in [0.1, 0.15) is 11.6 Å². The van der Waals surface area contributed by atoms with Gasteiger partial charge in [-0.05, 0) is 31.9 Å². The fourth-order valence-corrected chi connectivity index (χ4v) is 3.39. The molecular weight excluding hydrogens is 258 g/mol. The van der Waals surface area contributed by atoms with Crippen LogP contribution in [0.15, 0.2) is 18.2 Å². The molecule has 1 fully saturated rings. The van der Waals surface area contributed by atoms with Crippen LogP contribution in [0.3, 0.4) is 0 Å². The molecule has 2 atom stereocenters. The summed E-state index contributed by atoms with van der Waals surface area (Å²) < 4.78 is 26.7. The maximum Gasteiger partial charge on any atom is 0.130 e. The molecule has 0 radical (unpaired) electrons. The first kappa shape index (κ1) is 15.4. The number of benzene rings is 1. The van der Waals surface area contributed by atoms with E-state index < -0.39 is 11.6 Å². The lowest BCUT2D eigenvalue weighted by Crippen LogP contribution is -2.54. The smallest absolute Gasteiger partial charge is 0.130 e. The van der Waals surface area contributed by atoms with Gasteiger partial charge in [0.05, 0.1) is 0 Å². The van der Waals surface area contributed by atoms with Gasteiger partial charge < -0.3 is 5.73 Å². The minimum atomic E-state index is -0.534. The van der Waals surface area contributed by atoms with Crippen LogP contribution in [-0.4, -0.2) is 24.0 Å². The first-order valence-electron chi connectivity index (χ1n) is 7.32. The molecule has 2 nitrogen and oxygen atoms in total. The Labute approximate surface area is 120 Å². The molecule has 0 amide bonds. The number of hydrogen-bond acceptors (Lipinski definition) is 2. The van der Waals surface area contributed by atoms with E-state index >= 15 is 0 Å². The summed E-state index contributed by atoms with van der Waals surface area (Å²) in [6.07, 6.45) is 4.49. The minimum absolute atomic E-state index is 0.0571. The van der Waals surface area contributed by atoms with Gasteiger partial charge in [-0.25, -0.2) is 8.78 Å². The van der Waals surface area contributed by atoms with Crippen molar-refractivity contribution >= 4 is 0 Å². The molecule has 1 aromatic carbocycles. The van der Waals surface area contributed by atoms with Crippen LogP contribution in [0, 0.1) is 17.6 Å². The summed E-state index contributed by atoms with van der Waals surface area (Å²) in [6.45, 7) is 3.29. The van der Waals surface area contributed by atoms with E-state index in [-0.39, 0.29) is 5.54 Å². The average Bonchev–Trinajstić information content (AvgIpc) is 2.41. The molecule has 0 bridgehead atoms. The summed E-state index contributed by atoms with van der Waals surface area (Å²) in [6, 6.07) is 3.78. The zero-order valence-electron chi connectivity index (χ0n) is 12.3. The largest absolute Gasteiger partial charge is 0.329 e. The highest BCUT2D eigenvalue weighted by atomic mass is 19.1. The number of hydrogen-bond donors (Lipinski definition) is 1. The van der Waals surface area contributed by atoms with Gasteiger partial charge in [0.15, 0.2) is 0 Å². The Bertz CT molecular complexity index is 464. The van der Waals surface area contributed by atoms with E-state index in [4.69, 9.17) is 5.73 Å². The van der Waals surface area contributed by atoms with E-state index in [9.17, 15) is 8.78 Å². The maximum atomic E-state index is 13.8. The van der Waals surface area contributed by atoms with E-state index in [1.54, 1.807) is 0 Å². The van der Waals surface area contributed by atoms with Crippen molar-refractivity contribution in [3.05, 3.63) is 35.4 Å². The molecular formula is C16H24F2N2. The predicted molar refractivity (Wildman–Crippen MR) is 77.2 cm³/mol. The average molecular weight is 282 g/mol. The van der Waals surface area contributed by atoms with Gasteiger partial charge >= 0.3 is 0 Å². The third-order valence-corrected chi connectivity index (χ3v) is 4.68. The third-order valence-electron chi connectivity index (χ3n) is 4.68. The summed E-state index contributed by atoms with van der Waals surface area (Å²) in [4.78, 5) is 2.15. The second-order valence-electron chi connectivity index (χ2n) is 6.22. The van der Waals surface area contributed by atoms with Crippen molar-refractivity contribution in [1.82, 2.24) is 4.90 Å². The molecule has 2 N–H and O–H groups in total. The van der Waals surface area contributed by atoms with Crippen LogP contribution in [0.4, 0.5) is 8.78 Å². The molecule has 1 aliphatic rings. The Hall–Kier alpha value is -1.00.